The molecule has 0 aliphatic carbocycles. The van der Waals surface area contributed by atoms with Crippen LogP contribution in [0.3, 0.4) is 0 Å². The second-order valence-electron chi connectivity index (χ2n) is 7.12. The number of hydrogen-bond acceptors (Lipinski definition) is 4. The fraction of sp³-hybridized carbons (Fsp3) is 0.450. The molecule has 0 atom stereocenters. The molecule has 3 heterocycles. The van der Waals surface area contributed by atoms with Crippen molar-refractivity contribution in [2.45, 2.75) is 31.7 Å². The van der Waals surface area contributed by atoms with Crippen LogP contribution in [0, 0.1) is 0 Å². The fourth-order valence-corrected chi connectivity index (χ4v) is 3.76. The Labute approximate surface area is 154 Å². The molecule has 0 unspecified atom stereocenters. The molecule has 2 aromatic heterocycles. The average Bonchev–Trinajstić information content (AvgIpc) is 3.32. The van der Waals surface area contributed by atoms with E-state index in [4.69, 9.17) is 0 Å². The highest BCUT2D eigenvalue weighted by Crippen LogP contribution is 2.27. The molecule has 0 bridgehead atoms. The number of nitrogens with zero attached hydrogens (tertiary/aromatic N) is 6. The van der Waals surface area contributed by atoms with Gasteiger partial charge in [0.2, 0.25) is 0 Å². The number of piperidine rings is 1. The van der Waals surface area contributed by atoms with Gasteiger partial charge >= 0.3 is 0 Å². The Morgan fingerprint density at radius 2 is 1.88 bits per heavy atom. The van der Waals surface area contributed by atoms with Crippen LogP contribution in [0.15, 0.2) is 49.1 Å². The van der Waals surface area contributed by atoms with Crippen molar-refractivity contribution in [3.8, 4) is 0 Å². The molecule has 1 fully saturated rings. The highest BCUT2D eigenvalue weighted by Gasteiger charge is 2.25. The van der Waals surface area contributed by atoms with Crippen molar-refractivity contribution < 1.29 is 0 Å². The minimum Gasteiger partial charge on any atom is -0.330 e. The largest absolute Gasteiger partial charge is 0.330 e. The van der Waals surface area contributed by atoms with Gasteiger partial charge in [0.05, 0.1) is 12.9 Å². The zero-order valence-corrected chi connectivity index (χ0v) is 15.3. The minimum atomic E-state index is 0.511. The highest BCUT2D eigenvalue weighted by atomic mass is 15.3. The summed E-state index contributed by atoms with van der Waals surface area (Å²) < 4.78 is 4.20. The molecule has 0 radical (unpaired) electrons. The Bertz CT molecular complexity index is 800. The summed E-state index contributed by atoms with van der Waals surface area (Å²) in [4.78, 5) is 6.67. The maximum atomic E-state index is 4.50. The van der Waals surface area contributed by atoms with Crippen LogP contribution in [0.25, 0.3) is 0 Å². The monoisotopic (exact) mass is 350 g/mol. The molecule has 26 heavy (non-hydrogen) atoms. The first kappa shape index (κ1) is 17.0. The molecule has 0 spiro atoms. The van der Waals surface area contributed by atoms with E-state index in [1.165, 1.54) is 5.56 Å². The van der Waals surface area contributed by atoms with Crippen LogP contribution >= 0.6 is 0 Å². The number of rotatable bonds is 6. The van der Waals surface area contributed by atoms with Gasteiger partial charge in [0.15, 0.2) is 5.82 Å². The average molecular weight is 350 g/mol. The fourth-order valence-electron chi connectivity index (χ4n) is 3.76. The highest BCUT2D eigenvalue weighted by molar-refractivity contribution is 5.15. The molecule has 136 valence electrons. The molecule has 1 saturated heterocycles. The molecule has 6 heteroatoms. The molecule has 0 N–H and O–H groups in total. The van der Waals surface area contributed by atoms with Gasteiger partial charge in [-0.2, -0.15) is 0 Å². The lowest BCUT2D eigenvalue weighted by Crippen LogP contribution is -2.35. The number of imidazole rings is 1. The first-order chi connectivity index (χ1) is 12.8. The van der Waals surface area contributed by atoms with Gasteiger partial charge in [-0.05, 0) is 37.9 Å². The van der Waals surface area contributed by atoms with Gasteiger partial charge in [0, 0.05) is 31.9 Å². The van der Waals surface area contributed by atoms with Crippen molar-refractivity contribution in [3.05, 3.63) is 66.3 Å². The lowest BCUT2D eigenvalue weighted by atomic mass is 9.95. The zero-order valence-electron chi connectivity index (χ0n) is 15.3. The molecule has 0 amide bonds. The van der Waals surface area contributed by atoms with E-state index in [1.54, 1.807) is 6.20 Å². The lowest BCUT2D eigenvalue weighted by molar-refractivity contribution is 0.210. The van der Waals surface area contributed by atoms with Crippen LogP contribution in [-0.2, 0) is 20.0 Å². The Hall–Kier alpha value is -2.47. The second-order valence-corrected chi connectivity index (χ2v) is 7.12. The topological polar surface area (TPSA) is 51.8 Å². The Morgan fingerprint density at radius 3 is 2.62 bits per heavy atom. The predicted molar refractivity (Wildman–Crippen MR) is 101 cm³/mol. The van der Waals surface area contributed by atoms with Gasteiger partial charge in [-0.3, -0.25) is 0 Å². The molecule has 6 nitrogen and oxygen atoms in total. The molecule has 4 rings (SSSR count). The van der Waals surface area contributed by atoms with Gasteiger partial charge in [-0.1, -0.05) is 30.3 Å². The number of aromatic nitrogens is 5. The van der Waals surface area contributed by atoms with Crippen molar-refractivity contribution in [3.63, 3.8) is 0 Å². The maximum Gasteiger partial charge on any atom is 0.152 e. The maximum absolute atomic E-state index is 4.50. The standard InChI is InChI=1S/C20H26N6/c1-24-19(15-26-14-10-21-16-26)22-23-20(24)18-8-12-25(13-9-18)11-7-17-5-3-2-4-6-17/h2-6,10,14,16,18H,7-9,11-13,15H2,1H3. The summed E-state index contributed by atoms with van der Waals surface area (Å²) in [6.45, 7) is 4.14. The quantitative estimate of drug-likeness (QED) is 0.685. The van der Waals surface area contributed by atoms with Crippen LogP contribution in [0.4, 0.5) is 0 Å². The van der Waals surface area contributed by atoms with E-state index in [2.05, 4.69) is 62.0 Å². The van der Waals surface area contributed by atoms with Crippen molar-refractivity contribution >= 4 is 0 Å². The Morgan fingerprint density at radius 1 is 1.08 bits per heavy atom. The van der Waals surface area contributed by atoms with Gasteiger partial charge in [0.25, 0.3) is 0 Å². The third-order valence-corrected chi connectivity index (χ3v) is 5.39. The van der Waals surface area contributed by atoms with E-state index in [9.17, 15) is 0 Å². The zero-order chi connectivity index (χ0) is 17.8. The van der Waals surface area contributed by atoms with Crippen LogP contribution < -0.4 is 0 Å². The molecular weight excluding hydrogens is 324 g/mol. The molecule has 1 aromatic carbocycles. The summed E-state index contributed by atoms with van der Waals surface area (Å²) in [5.74, 6) is 2.63. The van der Waals surface area contributed by atoms with Crippen LogP contribution in [-0.4, -0.2) is 48.8 Å². The number of hydrogen-bond donors (Lipinski definition) is 0. The minimum absolute atomic E-state index is 0.511. The first-order valence-electron chi connectivity index (χ1n) is 9.40. The van der Waals surface area contributed by atoms with E-state index in [1.807, 2.05) is 17.1 Å². The summed E-state index contributed by atoms with van der Waals surface area (Å²) >= 11 is 0. The van der Waals surface area contributed by atoms with E-state index >= 15 is 0 Å². The predicted octanol–water partition coefficient (Wildman–Crippen LogP) is 2.48. The Kier molecular flexibility index (Phi) is 5.11. The van der Waals surface area contributed by atoms with Crippen LogP contribution in [0.2, 0.25) is 0 Å². The normalized spacial score (nSPS) is 16.2. The van der Waals surface area contributed by atoms with Gasteiger partial charge < -0.3 is 14.0 Å². The van der Waals surface area contributed by atoms with E-state index in [0.717, 1.165) is 57.1 Å². The van der Waals surface area contributed by atoms with Gasteiger partial charge in [0.1, 0.15) is 5.82 Å². The van der Waals surface area contributed by atoms with E-state index < -0.39 is 0 Å². The summed E-state index contributed by atoms with van der Waals surface area (Å²) in [6.07, 6.45) is 9.02. The van der Waals surface area contributed by atoms with E-state index in [0.29, 0.717) is 5.92 Å². The van der Waals surface area contributed by atoms with Crippen LogP contribution in [0.5, 0.6) is 0 Å². The van der Waals surface area contributed by atoms with Crippen molar-refractivity contribution in [2.24, 2.45) is 7.05 Å². The molecule has 3 aromatic rings. The molecule has 0 saturated carbocycles. The smallest absolute Gasteiger partial charge is 0.152 e. The summed E-state index contributed by atoms with van der Waals surface area (Å²) in [5.41, 5.74) is 1.42. The molecule has 1 aliphatic heterocycles. The van der Waals surface area contributed by atoms with Gasteiger partial charge in [-0.25, -0.2) is 4.98 Å². The SMILES string of the molecule is Cn1c(Cn2ccnc2)nnc1C1CCN(CCc2ccccc2)CC1. The Balaban J connectivity index is 1.31. The lowest BCUT2D eigenvalue weighted by Gasteiger charge is -2.31. The summed E-state index contributed by atoms with van der Waals surface area (Å²) in [5, 5.41) is 8.91. The van der Waals surface area contributed by atoms with Crippen LogP contribution in [0.1, 0.15) is 36.0 Å². The summed E-state index contributed by atoms with van der Waals surface area (Å²) in [6, 6.07) is 10.8. The summed E-state index contributed by atoms with van der Waals surface area (Å²) in [7, 11) is 2.09. The van der Waals surface area contributed by atoms with Crippen molar-refractivity contribution in [1.29, 1.82) is 0 Å². The first-order valence-corrected chi connectivity index (χ1v) is 9.40. The second kappa shape index (κ2) is 7.83. The van der Waals surface area contributed by atoms with E-state index in [-0.39, 0.29) is 0 Å². The third-order valence-electron chi connectivity index (χ3n) is 5.39. The molecule has 1 aliphatic rings. The third kappa shape index (κ3) is 3.85. The van der Waals surface area contributed by atoms with Crippen molar-refractivity contribution in [2.75, 3.05) is 19.6 Å². The molecular formula is C20H26N6. The van der Waals surface area contributed by atoms with Gasteiger partial charge in [-0.15, -0.1) is 10.2 Å². The van der Waals surface area contributed by atoms with Crippen molar-refractivity contribution in [1.82, 2.24) is 29.2 Å². The number of likely N-dealkylation sites (tertiary alicyclic amines) is 1. The number of benzene rings is 1.